The Labute approximate surface area is 124 Å². The summed E-state index contributed by atoms with van der Waals surface area (Å²) in [5.41, 5.74) is 6.33. The minimum atomic E-state index is -2.96. The van der Waals surface area contributed by atoms with Gasteiger partial charge in [-0.1, -0.05) is 0 Å². The summed E-state index contributed by atoms with van der Waals surface area (Å²) in [4.78, 5) is 20.7. The second-order valence-electron chi connectivity index (χ2n) is 4.63. The Hall–Kier alpha value is -1.75. The van der Waals surface area contributed by atoms with Crippen LogP contribution in [0.4, 0.5) is 5.82 Å². The predicted octanol–water partition coefficient (Wildman–Crippen LogP) is -1.31. The van der Waals surface area contributed by atoms with Gasteiger partial charge in [-0.25, -0.2) is 15.0 Å². The lowest BCUT2D eigenvalue weighted by Crippen LogP contribution is -2.34. The SMILES string of the molecule is Nc1ncnc2c1ncn2C1OC(CO)C(O[P+](=O)O)C1O. The Morgan fingerprint density at radius 1 is 1.45 bits per heavy atom. The summed E-state index contributed by atoms with van der Waals surface area (Å²) in [5.74, 6) is 0.168. The van der Waals surface area contributed by atoms with Gasteiger partial charge in [0.15, 0.2) is 23.8 Å². The smallest absolute Gasteiger partial charge is 0.394 e. The van der Waals surface area contributed by atoms with Crippen LogP contribution in [0.5, 0.6) is 0 Å². The molecule has 5 atom stereocenters. The first-order chi connectivity index (χ1) is 10.5. The molecule has 22 heavy (non-hydrogen) atoms. The molecule has 11 nitrogen and oxygen atoms in total. The lowest BCUT2D eigenvalue weighted by Gasteiger charge is -2.16. The summed E-state index contributed by atoms with van der Waals surface area (Å²) in [6.45, 7) is -0.495. The molecule has 0 saturated carbocycles. The molecular formula is C10H13N5O6P+. The van der Waals surface area contributed by atoms with Gasteiger partial charge in [-0.15, -0.1) is 9.42 Å². The topological polar surface area (TPSA) is 166 Å². The fraction of sp³-hybridized carbons (Fsp3) is 0.500. The molecule has 0 aromatic carbocycles. The van der Waals surface area contributed by atoms with Crippen molar-refractivity contribution >= 4 is 25.2 Å². The van der Waals surface area contributed by atoms with E-state index in [0.29, 0.717) is 11.2 Å². The molecule has 1 aliphatic rings. The zero-order valence-corrected chi connectivity index (χ0v) is 11.9. The van der Waals surface area contributed by atoms with Crippen LogP contribution in [0.25, 0.3) is 11.2 Å². The molecule has 5 unspecified atom stereocenters. The number of imidazole rings is 1. The average Bonchev–Trinajstić information content (AvgIpc) is 3.02. The maximum absolute atomic E-state index is 10.8. The Kier molecular flexibility index (Phi) is 4.00. The summed E-state index contributed by atoms with van der Waals surface area (Å²) in [6.07, 6.45) is -1.87. The number of hydrogen-bond acceptors (Lipinski definition) is 9. The number of aliphatic hydroxyl groups excluding tert-OH is 2. The monoisotopic (exact) mass is 330 g/mol. The molecule has 0 bridgehead atoms. The van der Waals surface area contributed by atoms with Crippen LogP contribution in [0.1, 0.15) is 6.23 Å². The van der Waals surface area contributed by atoms with Crippen molar-refractivity contribution in [2.24, 2.45) is 0 Å². The van der Waals surface area contributed by atoms with Gasteiger partial charge in [-0.3, -0.25) is 4.57 Å². The van der Waals surface area contributed by atoms with E-state index in [4.69, 9.17) is 19.9 Å². The van der Waals surface area contributed by atoms with Gasteiger partial charge in [0, 0.05) is 4.57 Å². The Bertz CT molecular complexity index is 710. The molecule has 5 N–H and O–H groups in total. The van der Waals surface area contributed by atoms with Gasteiger partial charge >= 0.3 is 8.25 Å². The summed E-state index contributed by atoms with van der Waals surface area (Å²) < 4.78 is 22.4. The van der Waals surface area contributed by atoms with E-state index >= 15 is 0 Å². The first-order valence-electron chi connectivity index (χ1n) is 6.23. The van der Waals surface area contributed by atoms with Crippen LogP contribution >= 0.6 is 8.25 Å². The number of ether oxygens (including phenoxy) is 1. The van der Waals surface area contributed by atoms with Crippen LogP contribution < -0.4 is 5.73 Å². The van der Waals surface area contributed by atoms with Gasteiger partial charge in [0.25, 0.3) is 0 Å². The van der Waals surface area contributed by atoms with Crippen LogP contribution in [0.15, 0.2) is 12.7 Å². The summed E-state index contributed by atoms with van der Waals surface area (Å²) >= 11 is 0. The van der Waals surface area contributed by atoms with Crippen LogP contribution in [0, 0.1) is 0 Å². The van der Waals surface area contributed by atoms with Gasteiger partial charge in [-0.05, 0) is 0 Å². The number of rotatable bonds is 4. The Morgan fingerprint density at radius 2 is 2.23 bits per heavy atom. The Morgan fingerprint density at radius 3 is 2.91 bits per heavy atom. The standard InChI is InChI=1S/C10H12N5O6P/c11-8-5-9(13-2-12-8)15(3-14-5)10-6(17)7(21-22(18)19)4(1-16)20-10/h2-4,6-7,10,16-17H,1H2,(H2-,11,12,13,18,19)/p+1. The van der Waals surface area contributed by atoms with E-state index in [1.165, 1.54) is 17.2 Å². The largest absolute Gasteiger partial charge is 0.695 e. The van der Waals surface area contributed by atoms with E-state index in [0.717, 1.165) is 0 Å². The second-order valence-corrected chi connectivity index (χ2v) is 5.32. The van der Waals surface area contributed by atoms with E-state index < -0.39 is 39.4 Å². The molecule has 118 valence electrons. The number of anilines is 1. The van der Waals surface area contributed by atoms with Crippen LogP contribution in [0.2, 0.25) is 0 Å². The fourth-order valence-electron chi connectivity index (χ4n) is 2.39. The van der Waals surface area contributed by atoms with Crippen molar-refractivity contribution in [2.75, 3.05) is 12.3 Å². The zero-order chi connectivity index (χ0) is 15.9. The highest BCUT2D eigenvalue weighted by molar-refractivity contribution is 7.32. The predicted molar refractivity (Wildman–Crippen MR) is 71.4 cm³/mol. The number of aromatic nitrogens is 4. The molecule has 2 aromatic heterocycles. The van der Waals surface area contributed by atoms with Crippen LogP contribution in [0.3, 0.4) is 0 Å². The molecule has 0 aliphatic carbocycles. The maximum atomic E-state index is 10.8. The first kappa shape index (κ1) is 15.2. The van der Waals surface area contributed by atoms with Crippen LogP contribution in [-0.2, 0) is 13.8 Å². The number of fused-ring (bicyclic) bond motifs is 1. The summed E-state index contributed by atoms with van der Waals surface area (Å²) in [6, 6.07) is 0. The molecular weight excluding hydrogens is 317 g/mol. The third kappa shape index (κ3) is 2.43. The normalized spacial score (nSPS) is 29.1. The van der Waals surface area contributed by atoms with Crippen molar-refractivity contribution < 1.29 is 28.9 Å². The minimum Gasteiger partial charge on any atom is -0.394 e. The number of hydrogen-bond donors (Lipinski definition) is 4. The number of nitrogen functional groups attached to an aromatic ring is 1. The molecule has 1 fully saturated rings. The minimum absolute atomic E-state index is 0.168. The molecule has 1 saturated heterocycles. The third-order valence-electron chi connectivity index (χ3n) is 3.36. The molecule has 1 aliphatic heterocycles. The van der Waals surface area contributed by atoms with E-state index in [-0.39, 0.29) is 5.82 Å². The summed E-state index contributed by atoms with van der Waals surface area (Å²) in [7, 11) is -2.96. The van der Waals surface area contributed by atoms with Crippen molar-refractivity contribution in [3.8, 4) is 0 Å². The van der Waals surface area contributed by atoms with Gasteiger partial charge in [0.2, 0.25) is 0 Å². The summed E-state index contributed by atoms with van der Waals surface area (Å²) in [5, 5.41) is 19.6. The molecule has 0 amide bonds. The number of nitrogens with two attached hydrogens (primary N) is 1. The highest BCUT2D eigenvalue weighted by Gasteiger charge is 2.50. The van der Waals surface area contributed by atoms with Crippen molar-refractivity contribution in [1.29, 1.82) is 0 Å². The van der Waals surface area contributed by atoms with E-state index in [1.54, 1.807) is 0 Å². The molecule has 0 radical (unpaired) electrons. The molecule has 2 aromatic rings. The highest BCUT2D eigenvalue weighted by Crippen LogP contribution is 2.36. The van der Waals surface area contributed by atoms with E-state index in [1.807, 2.05) is 0 Å². The maximum Gasteiger partial charge on any atom is 0.695 e. The Balaban J connectivity index is 1.97. The van der Waals surface area contributed by atoms with Crippen molar-refractivity contribution in [2.45, 2.75) is 24.5 Å². The second kappa shape index (κ2) is 5.80. The number of aliphatic hydroxyl groups is 2. The van der Waals surface area contributed by atoms with Gasteiger partial charge in [0.1, 0.15) is 24.1 Å². The molecule has 0 spiro atoms. The van der Waals surface area contributed by atoms with Gasteiger partial charge < -0.3 is 20.7 Å². The highest BCUT2D eigenvalue weighted by atomic mass is 31.1. The quantitative estimate of drug-likeness (QED) is 0.494. The van der Waals surface area contributed by atoms with Gasteiger partial charge in [-0.2, -0.15) is 0 Å². The average molecular weight is 330 g/mol. The lowest BCUT2D eigenvalue weighted by molar-refractivity contribution is -0.0504. The molecule has 3 rings (SSSR count). The first-order valence-corrected chi connectivity index (χ1v) is 7.36. The van der Waals surface area contributed by atoms with E-state index in [2.05, 4.69) is 15.0 Å². The van der Waals surface area contributed by atoms with Crippen molar-refractivity contribution in [1.82, 2.24) is 19.5 Å². The van der Waals surface area contributed by atoms with Crippen molar-refractivity contribution in [3.63, 3.8) is 0 Å². The lowest BCUT2D eigenvalue weighted by atomic mass is 10.1. The van der Waals surface area contributed by atoms with Crippen LogP contribution in [-0.4, -0.2) is 59.5 Å². The number of nitrogens with zero attached hydrogens (tertiary/aromatic N) is 4. The molecule has 3 heterocycles. The fourth-order valence-corrected chi connectivity index (χ4v) is 2.86. The van der Waals surface area contributed by atoms with Crippen molar-refractivity contribution in [3.05, 3.63) is 12.7 Å². The van der Waals surface area contributed by atoms with E-state index in [9.17, 15) is 14.8 Å². The zero-order valence-electron chi connectivity index (χ0n) is 11.1. The van der Waals surface area contributed by atoms with Gasteiger partial charge in [0.05, 0.1) is 12.9 Å². The third-order valence-corrected chi connectivity index (χ3v) is 3.79. The molecule has 12 heteroatoms.